The first kappa shape index (κ1) is 15.8. The Morgan fingerprint density at radius 1 is 1.33 bits per heavy atom. The molecule has 0 radical (unpaired) electrons. The quantitative estimate of drug-likeness (QED) is 0.821. The van der Waals surface area contributed by atoms with Gasteiger partial charge in [0.15, 0.2) is 0 Å². The number of nitrogens with zero attached hydrogens (tertiary/aromatic N) is 1. The van der Waals surface area contributed by atoms with Gasteiger partial charge < -0.3 is 15.4 Å². The summed E-state index contributed by atoms with van der Waals surface area (Å²) in [4.78, 5) is 24.9. The number of ether oxygens (including phenoxy) is 1. The lowest BCUT2D eigenvalue weighted by Gasteiger charge is -2.33. The lowest BCUT2D eigenvalue weighted by atomic mass is 10.0. The molecule has 0 bridgehead atoms. The van der Waals surface area contributed by atoms with Crippen LogP contribution in [0.3, 0.4) is 0 Å². The van der Waals surface area contributed by atoms with Gasteiger partial charge in [-0.3, -0.25) is 9.59 Å². The number of nitrogens with one attached hydrogen (secondary N) is 2. The molecule has 7 heteroatoms. The molecule has 0 saturated heterocycles. The van der Waals surface area contributed by atoms with Crippen LogP contribution in [0.1, 0.15) is 12.5 Å². The van der Waals surface area contributed by atoms with Gasteiger partial charge in [0.2, 0.25) is 0 Å². The maximum Gasteiger partial charge on any atom is 0.278 e. The smallest absolute Gasteiger partial charge is 0.278 e. The summed E-state index contributed by atoms with van der Waals surface area (Å²) in [6.45, 7) is 1.38. The van der Waals surface area contributed by atoms with Gasteiger partial charge in [0, 0.05) is 10.7 Å². The number of hydrogen-bond acceptors (Lipinski definition) is 4. The number of amides is 2. The third kappa shape index (κ3) is 2.77. The van der Waals surface area contributed by atoms with Gasteiger partial charge in [-0.25, -0.2) is 0 Å². The number of carbonyl (C=O) groups is 2. The number of nitriles is 1. The summed E-state index contributed by atoms with van der Waals surface area (Å²) in [6, 6.07) is 13.1. The lowest BCUT2D eigenvalue weighted by molar-refractivity contribution is -0.143. The zero-order valence-corrected chi connectivity index (χ0v) is 13.3. The molecule has 0 fully saturated rings. The second-order valence-electron chi connectivity index (χ2n) is 5.38. The number of halogens is 1. The Hall–Kier alpha value is -3.04. The first-order chi connectivity index (χ1) is 11.4. The highest BCUT2D eigenvalue weighted by atomic mass is 35.5. The van der Waals surface area contributed by atoms with E-state index in [4.69, 9.17) is 21.6 Å². The number of fused-ring (bicyclic) bond motifs is 1. The molecule has 0 aliphatic carbocycles. The molecule has 1 heterocycles. The first-order valence-electron chi connectivity index (χ1n) is 7.04. The predicted molar refractivity (Wildman–Crippen MR) is 88.9 cm³/mol. The van der Waals surface area contributed by atoms with Crippen LogP contribution < -0.4 is 15.4 Å². The van der Waals surface area contributed by atoms with E-state index < -0.39 is 17.4 Å². The largest absolute Gasteiger partial charge is 0.466 e. The minimum atomic E-state index is -1.75. The van der Waals surface area contributed by atoms with Gasteiger partial charge in [-0.1, -0.05) is 17.7 Å². The number of hydrogen-bond donors (Lipinski definition) is 2. The number of rotatable bonds is 2. The number of benzene rings is 2. The van der Waals surface area contributed by atoms with Crippen molar-refractivity contribution in [3.63, 3.8) is 0 Å². The molecule has 6 nitrogen and oxygen atoms in total. The van der Waals surface area contributed by atoms with Crippen LogP contribution in [-0.4, -0.2) is 17.4 Å². The third-order valence-corrected chi connectivity index (χ3v) is 3.86. The van der Waals surface area contributed by atoms with E-state index in [0.717, 1.165) is 0 Å². The Morgan fingerprint density at radius 3 is 2.88 bits per heavy atom. The Morgan fingerprint density at radius 2 is 2.12 bits per heavy atom. The molecule has 1 atom stereocenters. The van der Waals surface area contributed by atoms with Crippen LogP contribution >= 0.6 is 11.6 Å². The molecule has 2 aromatic rings. The van der Waals surface area contributed by atoms with E-state index in [1.165, 1.54) is 13.0 Å². The molecule has 2 aromatic carbocycles. The SMILES string of the molecule is CC1(C(=O)Nc2cccc(C#N)c2)Oc2ccc(Cl)cc2NC1=O. The average molecular weight is 342 g/mol. The fourth-order valence-electron chi connectivity index (χ4n) is 2.26. The normalized spacial score (nSPS) is 18.6. The van der Waals surface area contributed by atoms with Crippen molar-refractivity contribution in [1.29, 1.82) is 5.26 Å². The summed E-state index contributed by atoms with van der Waals surface area (Å²) in [5, 5.41) is 14.6. The molecular formula is C17H12ClN3O3. The first-order valence-corrected chi connectivity index (χ1v) is 7.42. The van der Waals surface area contributed by atoms with Crippen LogP contribution in [0.15, 0.2) is 42.5 Å². The number of anilines is 2. The van der Waals surface area contributed by atoms with E-state index in [1.807, 2.05) is 6.07 Å². The fourth-order valence-corrected chi connectivity index (χ4v) is 2.44. The van der Waals surface area contributed by atoms with Gasteiger partial charge in [-0.15, -0.1) is 0 Å². The van der Waals surface area contributed by atoms with Crippen LogP contribution in [0.2, 0.25) is 5.02 Å². The monoisotopic (exact) mass is 341 g/mol. The molecule has 0 aromatic heterocycles. The molecule has 2 N–H and O–H groups in total. The highest BCUT2D eigenvalue weighted by Gasteiger charge is 2.47. The van der Waals surface area contributed by atoms with Crippen LogP contribution in [0.25, 0.3) is 0 Å². The summed E-state index contributed by atoms with van der Waals surface area (Å²) < 4.78 is 5.63. The standard InChI is InChI=1S/C17H12ClN3O3/c1-17(15(22)20-12-4-2-3-10(7-12)9-19)16(23)21-13-8-11(18)5-6-14(13)24-17/h2-8H,1H3,(H,20,22)(H,21,23). The second-order valence-corrected chi connectivity index (χ2v) is 5.81. The molecule has 3 rings (SSSR count). The summed E-state index contributed by atoms with van der Waals surface area (Å²) in [7, 11) is 0. The van der Waals surface area contributed by atoms with Crippen molar-refractivity contribution in [1.82, 2.24) is 0 Å². The molecule has 1 aliphatic rings. The maximum absolute atomic E-state index is 12.6. The molecule has 1 aliphatic heterocycles. The molecule has 120 valence electrons. The van der Waals surface area contributed by atoms with E-state index in [2.05, 4.69) is 10.6 Å². The van der Waals surface area contributed by atoms with Crippen molar-refractivity contribution in [2.24, 2.45) is 0 Å². The van der Waals surface area contributed by atoms with Crippen molar-refractivity contribution < 1.29 is 14.3 Å². The summed E-state index contributed by atoms with van der Waals surface area (Å²) in [5.41, 5.74) is -0.543. The van der Waals surface area contributed by atoms with Gasteiger partial charge >= 0.3 is 0 Å². The lowest BCUT2D eigenvalue weighted by Crippen LogP contribution is -2.56. The van der Waals surface area contributed by atoms with Crippen molar-refractivity contribution in [3.8, 4) is 11.8 Å². The molecule has 1 unspecified atom stereocenters. The van der Waals surface area contributed by atoms with E-state index in [1.54, 1.807) is 36.4 Å². The van der Waals surface area contributed by atoms with Crippen molar-refractivity contribution in [3.05, 3.63) is 53.1 Å². The van der Waals surface area contributed by atoms with Gasteiger partial charge in [0.1, 0.15) is 5.75 Å². The van der Waals surface area contributed by atoms with Crippen molar-refractivity contribution in [2.75, 3.05) is 10.6 Å². The Labute approximate surface area is 143 Å². The van der Waals surface area contributed by atoms with Crippen molar-refractivity contribution in [2.45, 2.75) is 12.5 Å². The van der Waals surface area contributed by atoms with E-state index >= 15 is 0 Å². The maximum atomic E-state index is 12.6. The zero-order valence-electron chi connectivity index (χ0n) is 12.6. The topological polar surface area (TPSA) is 91.2 Å². The van der Waals surface area contributed by atoms with Crippen LogP contribution in [0, 0.1) is 11.3 Å². The third-order valence-electron chi connectivity index (χ3n) is 3.62. The van der Waals surface area contributed by atoms with E-state index in [9.17, 15) is 9.59 Å². The molecule has 24 heavy (non-hydrogen) atoms. The minimum absolute atomic E-state index is 0.349. The minimum Gasteiger partial charge on any atom is -0.466 e. The average Bonchev–Trinajstić information content (AvgIpc) is 2.56. The van der Waals surface area contributed by atoms with Crippen LogP contribution in [0.4, 0.5) is 11.4 Å². The Balaban J connectivity index is 1.87. The highest BCUT2D eigenvalue weighted by molar-refractivity contribution is 6.31. The van der Waals surface area contributed by atoms with E-state index in [0.29, 0.717) is 27.7 Å². The van der Waals surface area contributed by atoms with Crippen LogP contribution in [-0.2, 0) is 9.59 Å². The van der Waals surface area contributed by atoms with Gasteiger partial charge in [0.25, 0.3) is 17.4 Å². The summed E-state index contributed by atoms with van der Waals surface area (Å²) in [5.74, 6) is -0.899. The van der Waals surface area contributed by atoms with Gasteiger partial charge in [0.05, 0.1) is 17.3 Å². The second kappa shape index (κ2) is 5.87. The predicted octanol–water partition coefficient (Wildman–Crippen LogP) is 2.94. The molecule has 0 spiro atoms. The Bertz CT molecular complexity index is 891. The Kier molecular flexibility index (Phi) is 3.87. The summed E-state index contributed by atoms with van der Waals surface area (Å²) >= 11 is 5.88. The van der Waals surface area contributed by atoms with Gasteiger partial charge in [-0.05, 0) is 43.3 Å². The van der Waals surface area contributed by atoms with E-state index in [-0.39, 0.29) is 0 Å². The van der Waals surface area contributed by atoms with Crippen LogP contribution in [0.5, 0.6) is 5.75 Å². The number of carbonyl (C=O) groups excluding carboxylic acids is 2. The fraction of sp³-hybridized carbons (Fsp3) is 0.118. The molecule has 2 amide bonds. The molecular weight excluding hydrogens is 330 g/mol. The van der Waals surface area contributed by atoms with Crippen molar-refractivity contribution >= 4 is 34.8 Å². The molecule has 0 saturated carbocycles. The van der Waals surface area contributed by atoms with Gasteiger partial charge in [-0.2, -0.15) is 5.26 Å². The zero-order chi connectivity index (χ0) is 17.3. The summed E-state index contributed by atoms with van der Waals surface area (Å²) in [6.07, 6.45) is 0. The highest BCUT2D eigenvalue weighted by Crippen LogP contribution is 2.36.